The quantitative estimate of drug-likeness (QED) is 0.286. The van der Waals surface area contributed by atoms with Gasteiger partial charge in [0.25, 0.3) is 11.8 Å². The van der Waals surface area contributed by atoms with Crippen molar-refractivity contribution in [2.45, 2.75) is 37.8 Å². The normalized spacial score (nSPS) is 21.4. The Morgan fingerprint density at radius 3 is 2.21 bits per heavy atom. The summed E-state index contributed by atoms with van der Waals surface area (Å²) in [5.41, 5.74) is 5.25. The van der Waals surface area contributed by atoms with Crippen LogP contribution >= 0.6 is 0 Å². The average Bonchev–Trinajstić information content (AvgIpc) is 3.52. The zero-order chi connectivity index (χ0) is 29.5. The highest BCUT2D eigenvalue weighted by atomic mass is 16.3. The lowest BCUT2D eigenvalue weighted by Gasteiger charge is -2.55. The number of pyridine rings is 2. The number of aromatic nitrogens is 5. The first-order valence-electron chi connectivity index (χ1n) is 14.1. The van der Waals surface area contributed by atoms with Crippen molar-refractivity contribution < 1.29 is 14.7 Å². The molecule has 1 fully saturated rings. The van der Waals surface area contributed by atoms with Crippen LogP contribution in [-0.2, 0) is 5.54 Å². The van der Waals surface area contributed by atoms with E-state index in [-0.39, 0.29) is 24.7 Å². The molecule has 2 aliphatic rings. The number of rotatable bonds is 4. The van der Waals surface area contributed by atoms with Gasteiger partial charge in [-0.05, 0) is 43.7 Å². The molecule has 1 N–H and O–H groups in total. The molecule has 1 saturated carbocycles. The van der Waals surface area contributed by atoms with Crippen LogP contribution in [0.15, 0.2) is 91.4 Å². The zero-order valence-electron chi connectivity index (χ0n) is 23.5. The SMILES string of the molecule is Cc1cc2ncc3cc(-c4cccnc4)c(-c4ccc(C5(N6C(=O)c7ccccc7C6=O)CC(C)(O)C5)cc4)nc3n2n1. The van der Waals surface area contributed by atoms with E-state index in [2.05, 4.69) is 21.1 Å². The van der Waals surface area contributed by atoms with Crippen LogP contribution in [0, 0.1) is 6.92 Å². The maximum Gasteiger partial charge on any atom is 0.262 e. The third kappa shape index (κ3) is 3.74. The fraction of sp³-hybridized carbons (Fsp3) is 0.176. The first-order chi connectivity index (χ1) is 20.7. The Balaban J connectivity index is 1.27. The summed E-state index contributed by atoms with van der Waals surface area (Å²) in [4.78, 5) is 42.5. The second kappa shape index (κ2) is 8.86. The van der Waals surface area contributed by atoms with E-state index in [1.165, 1.54) is 4.90 Å². The predicted molar refractivity (Wildman–Crippen MR) is 160 cm³/mol. The first-order valence-corrected chi connectivity index (χ1v) is 14.1. The van der Waals surface area contributed by atoms with E-state index >= 15 is 0 Å². The van der Waals surface area contributed by atoms with E-state index < -0.39 is 11.1 Å². The molecule has 0 unspecified atom stereocenters. The second-order valence-corrected chi connectivity index (χ2v) is 11.8. The molecule has 9 nitrogen and oxygen atoms in total. The molecular formula is C34H26N6O3. The van der Waals surface area contributed by atoms with Crippen molar-refractivity contribution in [1.82, 2.24) is 29.5 Å². The Bertz CT molecular complexity index is 2080. The summed E-state index contributed by atoms with van der Waals surface area (Å²) in [6.45, 7) is 3.66. The van der Waals surface area contributed by atoms with Crippen molar-refractivity contribution in [3.05, 3.63) is 114 Å². The van der Waals surface area contributed by atoms with Gasteiger partial charge >= 0.3 is 0 Å². The smallest absolute Gasteiger partial charge is 0.262 e. The number of hydrogen-bond donors (Lipinski definition) is 1. The summed E-state index contributed by atoms with van der Waals surface area (Å²) in [6.07, 6.45) is 5.85. The summed E-state index contributed by atoms with van der Waals surface area (Å²) in [6, 6.07) is 22.5. The zero-order valence-corrected chi connectivity index (χ0v) is 23.5. The monoisotopic (exact) mass is 566 g/mol. The summed E-state index contributed by atoms with van der Waals surface area (Å²) < 4.78 is 1.75. The van der Waals surface area contributed by atoms with Crippen molar-refractivity contribution in [3.8, 4) is 22.4 Å². The number of aliphatic hydroxyl groups is 1. The number of amides is 2. The molecule has 2 aromatic carbocycles. The van der Waals surface area contributed by atoms with Crippen LogP contribution in [-0.4, -0.2) is 52.0 Å². The Hall–Kier alpha value is -5.28. The van der Waals surface area contributed by atoms with Gasteiger partial charge in [0.15, 0.2) is 11.3 Å². The molecule has 1 aliphatic carbocycles. The van der Waals surface area contributed by atoms with E-state index in [1.54, 1.807) is 54.3 Å². The lowest BCUT2D eigenvalue weighted by atomic mass is 9.61. The van der Waals surface area contributed by atoms with Gasteiger partial charge in [0, 0.05) is 59.6 Å². The highest BCUT2D eigenvalue weighted by Crippen LogP contribution is 2.54. The summed E-state index contributed by atoms with van der Waals surface area (Å²) in [5.74, 6) is -0.662. The number of carbonyl (C=O) groups excluding carboxylic acids is 2. The van der Waals surface area contributed by atoms with Crippen LogP contribution in [0.5, 0.6) is 0 Å². The van der Waals surface area contributed by atoms with Crippen LogP contribution in [0.3, 0.4) is 0 Å². The largest absolute Gasteiger partial charge is 0.390 e. The minimum Gasteiger partial charge on any atom is -0.390 e. The van der Waals surface area contributed by atoms with Gasteiger partial charge in [-0.1, -0.05) is 42.5 Å². The molecule has 8 rings (SSSR count). The molecule has 9 heteroatoms. The maximum atomic E-state index is 13.5. The van der Waals surface area contributed by atoms with Gasteiger partial charge < -0.3 is 5.11 Å². The van der Waals surface area contributed by atoms with Gasteiger partial charge in [-0.3, -0.25) is 19.5 Å². The molecular weight excluding hydrogens is 540 g/mol. The van der Waals surface area contributed by atoms with E-state index in [0.29, 0.717) is 22.4 Å². The molecule has 2 amide bonds. The van der Waals surface area contributed by atoms with Gasteiger partial charge in [0.05, 0.1) is 33.7 Å². The summed E-state index contributed by atoms with van der Waals surface area (Å²) in [7, 11) is 0. The molecule has 0 saturated heterocycles. The lowest BCUT2D eigenvalue weighted by Crippen LogP contribution is -2.63. The molecule has 210 valence electrons. The van der Waals surface area contributed by atoms with Crippen LogP contribution in [0.2, 0.25) is 0 Å². The van der Waals surface area contributed by atoms with Gasteiger partial charge in [-0.15, -0.1) is 0 Å². The first kappa shape index (κ1) is 25.4. The minimum absolute atomic E-state index is 0.254. The van der Waals surface area contributed by atoms with Crippen molar-refractivity contribution in [3.63, 3.8) is 0 Å². The van der Waals surface area contributed by atoms with Gasteiger partial charge in [-0.25, -0.2) is 9.97 Å². The number of nitrogens with zero attached hydrogens (tertiary/aromatic N) is 6. The Kier molecular flexibility index (Phi) is 5.24. The Morgan fingerprint density at radius 2 is 1.56 bits per heavy atom. The average molecular weight is 567 g/mol. The molecule has 43 heavy (non-hydrogen) atoms. The van der Waals surface area contributed by atoms with E-state index in [4.69, 9.17) is 4.98 Å². The summed E-state index contributed by atoms with van der Waals surface area (Å²) >= 11 is 0. The topological polar surface area (TPSA) is 114 Å². The third-order valence-corrected chi connectivity index (χ3v) is 8.62. The molecule has 0 bridgehead atoms. The van der Waals surface area contributed by atoms with Gasteiger partial charge in [-0.2, -0.15) is 9.61 Å². The summed E-state index contributed by atoms with van der Waals surface area (Å²) in [5, 5.41) is 16.3. The van der Waals surface area contributed by atoms with E-state index in [0.717, 1.165) is 39.0 Å². The second-order valence-electron chi connectivity index (χ2n) is 11.8. The molecule has 4 aromatic heterocycles. The number of fused-ring (bicyclic) bond motifs is 4. The van der Waals surface area contributed by atoms with Crippen molar-refractivity contribution in [2.75, 3.05) is 0 Å². The number of benzene rings is 2. The molecule has 1 aliphatic heterocycles. The van der Waals surface area contributed by atoms with Crippen LogP contribution in [0.4, 0.5) is 0 Å². The van der Waals surface area contributed by atoms with Crippen LogP contribution in [0.25, 0.3) is 39.1 Å². The molecule has 0 spiro atoms. The standard InChI is InChI=1S/C34H26N6O3/c1-20-14-28-36-17-23-15-27(22-6-5-13-35-16-22)29(37-30(23)40(28)38-20)21-9-11-24(12-10-21)34(18-33(2,43)19-34)39-31(41)25-7-3-4-8-26(25)32(39)42/h3-17,43H,18-19H2,1-2H3. The van der Waals surface area contributed by atoms with Gasteiger partial charge in [0.2, 0.25) is 0 Å². The maximum absolute atomic E-state index is 13.5. The number of carbonyl (C=O) groups is 2. The van der Waals surface area contributed by atoms with E-state index in [1.807, 2.05) is 49.4 Å². The van der Waals surface area contributed by atoms with Crippen molar-refractivity contribution in [1.29, 1.82) is 0 Å². The molecule has 0 radical (unpaired) electrons. The van der Waals surface area contributed by atoms with Crippen molar-refractivity contribution in [2.24, 2.45) is 0 Å². The molecule has 5 heterocycles. The third-order valence-electron chi connectivity index (χ3n) is 8.62. The highest BCUT2D eigenvalue weighted by molar-refractivity contribution is 6.22. The Morgan fingerprint density at radius 1 is 0.837 bits per heavy atom. The number of imide groups is 1. The van der Waals surface area contributed by atoms with Crippen molar-refractivity contribution >= 4 is 28.5 Å². The number of aryl methyl sites for hydroxylation is 1. The molecule has 0 atom stereocenters. The highest BCUT2D eigenvalue weighted by Gasteiger charge is 2.60. The fourth-order valence-electron chi connectivity index (χ4n) is 6.83. The Labute approximate surface area is 246 Å². The van der Waals surface area contributed by atoms with Crippen LogP contribution < -0.4 is 0 Å². The minimum atomic E-state index is -0.997. The van der Waals surface area contributed by atoms with Crippen LogP contribution in [0.1, 0.15) is 51.7 Å². The molecule has 6 aromatic rings. The predicted octanol–water partition coefficient (Wildman–Crippen LogP) is 5.35. The lowest BCUT2D eigenvalue weighted by molar-refractivity contribution is -0.118. The van der Waals surface area contributed by atoms with E-state index in [9.17, 15) is 14.7 Å². The fourth-order valence-corrected chi connectivity index (χ4v) is 6.83. The van der Waals surface area contributed by atoms with Gasteiger partial charge in [0.1, 0.15) is 0 Å². The number of hydrogen-bond acceptors (Lipinski definition) is 7.